The lowest BCUT2D eigenvalue weighted by Crippen LogP contribution is -2.37. The molecule has 5 heteroatoms. The van der Waals surface area contributed by atoms with Crippen molar-refractivity contribution in [3.63, 3.8) is 0 Å². The van der Waals surface area contributed by atoms with Crippen LogP contribution in [0.1, 0.15) is 48.2 Å². The monoisotopic (exact) mass is 431 g/mol. The van der Waals surface area contributed by atoms with Crippen molar-refractivity contribution in [1.82, 2.24) is 15.2 Å². The number of piperidine rings is 1. The number of allylic oxidation sites excluding steroid dienone is 2. The van der Waals surface area contributed by atoms with Crippen LogP contribution >= 0.6 is 0 Å². The van der Waals surface area contributed by atoms with Crippen LogP contribution in [0.4, 0.5) is 0 Å². The second kappa shape index (κ2) is 9.86. The molecule has 1 amide bonds. The van der Waals surface area contributed by atoms with Crippen molar-refractivity contribution in [1.29, 1.82) is 0 Å². The molecule has 1 aromatic carbocycles. The fourth-order valence-corrected chi connectivity index (χ4v) is 5.48. The number of nitrogens with one attached hydrogen (secondary N) is 1. The Kier molecular flexibility index (Phi) is 6.54. The maximum absolute atomic E-state index is 12.5. The molecule has 3 atom stereocenters. The van der Waals surface area contributed by atoms with E-state index in [9.17, 15) is 4.79 Å². The Hall–Kier alpha value is -2.66. The summed E-state index contributed by atoms with van der Waals surface area (Å²) in [5, 5.41) is 3.10. The van der Waals surface area contributed by atoms with E-state index in [4.69, 9.17) is 4.74 Å². The quantitative estimate of drug-likeness (QED) is 0.627. The lowest BCUT2D eigenvalue weighted by atomic mass is 9.90. The molecule has 5 nitrogen and oxygen atoms in total. The number of carbonyl (C=O) groups is 1. The number of benzene rings is 1. The van der Waals surface area contributed by atoms with Gasteiger partial charge in [0.25, 0.3) is 5.91 Å². The first-order valence-corrected chi connectivity index (χ1v) is 12.1. The van der Waals surface area contributed by atoms with Crippen molar-refractivity contribution in [2.24, 2.45) is 17.8 Å². The third kappa shape index (κ3) is 5.21. The molecule has 3 aliphatic rings. The second-order valence-electron chi connectivity index (χ2n) is 9.52. The molecule has 2 fully saturated rings. The highest BCUT2D eigenvalue weighted by atomic mass is 16.5. The Bertz CT molecular complexity index is 920. The third-order valence-corrected chi connectivity index (χ3v) is 7.28. The Morgan fingerprint density at radius 3 is 2.59 bits per heavy atom. The molecule has 1 saturated heterocycles. The standard InChI is InChI=1S/C27H33N3O2/c31-27(29-14-10-23-18-20-4-5-22(23)17-20)21-6-8-25(9-7-21)32-26-11-15-30(16-12-26)19-24-3-1-2-13-28-24/h1-9,13,20,22-23,26H,10-12,14-19H2,(H,29,31)/t20-,22+,23?/m1/s1. The van der Waals surface area contributed by atoms with Gasteiger partial charge >= 0.3 is 0 Å². The average Bonchev–Trinajstić information content (AvgIpc) is 3.45. The van der Waals surface area contributed by atoms with Gasteiger partial charge in [0, 0.05) is 37.9 Å². The highest BCUT2D eigenvalue weighted by Crippen LogP contribution is 2.44. The second-order valence-corrected chi connectivity index (χ2v) is 9.52. The minimum atomic E-state index is 0.0121. The molecule has 0 radical (unpaired) electrons. The number of ether oxygens (including phenoxy) is 1. The maximum atomic E-state index is 12.5. The fourth-order valence-electron chi connectivity index (χ4n) is 5.48. The lowest BCUT2D eigenvalue weighted by Gasteiger charge is -2.31. The fraction of sp³-hybridized carbons (Fsp3) is 0.481. The number of carbonyl (C=O) groups excluding carboxylic acids is 1. The topological polar surface area (TPSA) is 54.5 Å². The van der Waals surface area contributed by atoms with Crippen LogP contribution in [-0.2, 0) is 6.54 Å². The number of amides is 1. The zero-order chi connectivity index (χ0) is 21.8. The molecule has 2 bridgehead atoms. The smallest absolute Gasteiger partial charge is 0.251 e. The normalized spacial score (nSPS) is 25.2. The molecule has 1 aromatic heterocycles. The van der Waals surface area contributed by atoms with E-state index in [1.54, 1.807) is 0 Å². The van der Waals surface area contributed by atoms with Gasteiger partial charge in [0.15, 0.2) is 0 Å². The van der Waals surface area contributed by atoms with E-state index >= 15 is 0 Å². The van der Waals surface area contributed by atoms with Crippen LogP contribution in [0.2, 0.25) is 0 Å². The average molecular weight is 432 g/mol. The number of rotatable bonds is 8. The van der Waals surface area contributed by atoms with Gasteiger partial charge in [-0.05, 0) is 86.3 Å². The molecule has 5 rings (SSSR count). The van der Waals surface area contributed by atoms with Crippen molar-refractivity contribution < 1.29 is 9.53 Å². The Morgan fingerprint density at radius 2 is 1.91 bits per heavy atom. The third-order valence-electron chi connectivity index (χ3n) is 7.28. The van der Waals surface area contributed by atoms with E-state index in [2.05, 4.69) is 33.4 Å². The van der Waals surface area contributed by atoms with Crippen molar-refractivity contribution >= 4 is 5.91 Å². The van der Waals surface area contributed by atoms with E-state index in [0.717, 1.165) is 74.6 Å². The molecule has 1 aliphatic heterocycles. The minimum absolute atomic E-state index is 0.0121. The molecular weight excluding hydrogens is 398 g/mol. The summed E-state index contributed by atoms with van der Waals surface area (Å²) in [6.45, 7) is 3.69. The molecule has 1 unspecified atom stereocenters. The molecule has 2 heterocycles. The Morgan fingerprint density at radius 1 is 1.06 bits per heavy atom. The van der Waals surface area contributed by atoms with E-state index in [1.165, 1.54) is 12.8 Å². The molecule has 2 aromatic rings. The van der Waals surface area contributed by atoms with Gasteiger partial charge in [-0.2, -0.15) is 0 Å². The summed E-state index contributed by atoms with van der Waals surface area (Å²) in [6.07, 6.45) is 12.5. The molecule has 2 aliphatic carbocycles. The van der Waals surface area contributed by atoms with E-state index in [-0.39, 0.29) is 12.0 Å². The van der Waals surface area contributed by atoms with Crippen molar-refractivity contribution in [2.75, 3.05) is 19.6 Å². The summed E-state index contributed by atoms with van der Waals surface area (Å²) in [4.78, 5) is 19.3. The van der Waals surface area contributed by atoms with Crippen LogP contribution < -0.4 is 10.1 Å². The number of fused-ring (bicyclic) bond motifs is 2. The first-order valence-electron chi connectivity index (χ1n) is 12.1. The molecule has 0 spiro atoms. The van der Waals surface area contributed by atoms with Crippen molar-refractivity contribution in [3.8, 4) is 5.75 Å². The number of likely N-dealkylation sites (tertiary alicyclic amines) is 1. The highest BCUT2D eigenvalue weighted by molar-refractivity contribution is 5.94. The summed E-state index contributed by atoms with van der Waals surface area (Å²) >= 11 is 0. The molecule has 1 N–H and O–H groups in total. The summed E-state index contributed by atoms with van der Waals surface area (Å²) in [7, 11) is 0. The van der Waals surface area contributed by atoms with Crippen LogP contribution in [0.5, 0.6) is 5.75 Å². The molecular formula is C27H33N3O2. The lowest BCUT2D eigenvalue weighted by molar-refractivity contribution is 0.0947. The number of hydrogen-bond acceptors (Lipinski definition) is 4. The summed E-state index contributed by atoms with van der Waals surface area (Å²) in [5.41, 5.74) is 1.82. The van der Waals surface area contributed by atoms with Crippen LogP contribution in [0, 0.1) is 17.8 Å². The van der Waals surface area contributed by atoms with Gasteiger partial charge in [-0.25, -0.2) is 0 Å². The highest BCUT2D eigenvalue weighted by Gasteiger charge is 2.34. The predicted molar refractivity (Wildman–Crippen MR) is 125 cm³/mol. The predicted octanol–water partition coefficient (Wildman–Crippen LogP) is 4.46. The first kappa shape index (κ1) is 21.2. The number of aromatic nitrogens is 1. The summed E-state index contributed by atoms with van der Waals surface area (Å²) in [6, 6.07) is 13.7. The van der Waals surface area contributed by atoms with Gasteiger partial charge in [0.05, 0.1) is 5.69 Å². The van der Waals surface area contributed by atoms with Gasteiger partial charge in [-0.3, -0.25) is 14.7 Å². The van der Waals surface area contributed by atoms with Gasteiger partial charge in [0.2, 0.25) is 0 Å². The summed E-state index contributed by atoms with van der Waals surface area (Å²) < 4.78 is 6.19. The van der Waals surface area contributed by atoms with Crippen LogP contribution in [0.3, 0.4) is 0 Å². The van der Waals surface area contributed by atoms with Crippen molar-refractivity contribution in [2.45, 2.75) is 44.8 Å². The zero-order valence-electron chi connectivity index (χ0n) is 18.7. The first-order chi connectivity index (χ1) is 15.7. The van der Waals surface area contributed by atoms with Crippen LogP contribution in [-0.4, -0.2) is 41.5 Å². The summed E-state index contributed by atoms with van der Waals surface area (Å²) in [5.74, 6) is 3.14. The van der Waals surface area contributed by atoms with E-state index in [1.807, 2.05) is 42.6 Å². The Labute approximate surface area is 190 Å². The number of nitrogens with zero attached hydrogens (tertiary/aromatic N) is 2. The Balaban J connectivity index is 1.03. The number of hydrogen-bond donors (Lipinski definition) is 1. The van der Waals surface area contributed by atoms with E-state index in [0.29, 0.717) is 5.56 Å². The largest absolute Gasteiger partial charge is 0.490 e. The molecule has 32 heavy (non-hydrogen) atoms. The zero-order valence-corrected chi connectivity index (χ0v) is 18.7. The van der Waals surface area contributed by atoms with E-state index < -0.39 is 0 Å². The van der Waals surface area contributed by atoms with Gasteiger partial charge in [-0.15, -0.1) is 0 Å². The molecule has 1 saturated carbocycles. The van der Waals surface area contributed by atoms with Gasteiger partial charge in [-0.1, -0.05) is 18.2 Å². The maximum Gasteiger partial charge on any atom is 0.251 e. The SMILES string of the molecule is O=C(NCCC1C[C@@H]2C=C[C@H]1C2)c1ccc(OC2CCN(Cc3ccccn3)CC2)cc1. The number of pyridine rings is 1. The van der Waals surface area contributed by atoms with Crippen LogP contribution in [0.25, 0.3) is 0 Å². The minimum Gasteiger partial charge on any atom is -0.490 e. The van der Waals surface area contributed by atoms with Gasteiger partial charge < -0.3 is 10.1 Å². The molecule has 168 valence electrons. The van der Waals surface area contributed by atoms with Crippen LogP contribution in [0.15, 0.2) is 60.8 Å². The van der Waals surface area contributed by atoms with Gasteiger partial charge in [0.1, 0.15) is 11.9 Å². The van der Waals surface area contributed by atoms with Crippen molar-refractivity contribution in [3.05, 3.63) is 72.1 Å².